The molecule has 0 radical (unpaired) electrons. The normalized spacial score (nSPS) is 9.58. The maximum atomic E-state index is 10.5. The molecular formula is C6H10LiN3O2. The Balaban J connectivity index is 0. The molecule has 0 atom stereocenters. The Morgan fingerprint density at radius 2 is 2.33 bits per heavy atom. The van der Waals surface area contributed by atoms with E-state index < -0.39 is 5.97 Å². The van der Waals surface area contributed by atoms with E-state index in [1.165, 1.54) is 11.0 Å². The van der Waals surface area contributed by atoms with E-state index in [1.54, 1.807) is 0 Å². The average molecular weight is 163 g/mol. The molecule has 12 heavy (non-hydrogen) atoms. The summed E-state index contributed by atoms with van der Waals surface area (Å²) in [6.07, 6.45) is 1.24. The molecule has 1 rings (SSSR count). The summed E-state index contributed by atoms with van der Waals surface area (Å²) in [4.78, 5) is 14.1. The maximum absolute atomic E-state index is 10.5. The zero-order valence-corrected chi connectivity index (χ0v) is 7.35. The third kappa shape index (κ3) is 2.09. The van der Waals surface area contributed by atoms with Crippen LogP contribution < -0.4 is 18.9 Å². The van der Waals surface area contributed by atoms with Crippen molar-refractivity contribution < 1.29 is 30.2 Å². The van der Waals surface area contributed by atoms with E-state index in [0.29, 0.717) is 0 Å². The molecule has 0 saturated heterocycles. The summed E-state index contributed by atoms with van der Waals surface area (Å²) in [5.41, 5.74) is 0. The van der Waals surface area contributed by atoms with Crippen molar-refractivity contribution in [1.29, 1.82) is 0 Å². The van der Waals surface area contributed by atoms with Crippen LogP contribution in [-0.4, -0.2) is 25.8 Å². The van der Waals surface area contributed by atoms with Gasteiger partial charge in [0.1, 0.15) is 6.33 Å². The molecule has 0 aromatic carbocycles. The largest absolute Gasteiger partial charge is 1.00 e. The minimum absolute atomic E-state index is 0. The van der Waals surface area contributed by atoms with E-state index in [-0.39, 0.29) is 32.2 Å². The van der Waals surface area contributed by atoms with Crippen LogP contribution >= 0.6 is 0 Å². The fraction of sp³-hybridized carbons (Fsp3) is 0.500. The van der Waals surface area contributed by atoms with Gasteiger partial charge in [-0.3, -0.25) is 0 Å². The van der Waals surface area contributed by atoms with Gasteiger partial charge < -0.3 is 6.53 Å². The number of carboxylic acid groups (broad SMARTS) is 1. The van der Waals surface area contributed by atoms with Crippen molar-refractivity contribution in [2.24, 2.45) is 0 Å². The topological polar surface area (TPSA) is 68.0 Å². The molecule has 0 spiro atoms. The number of carboxylic acids is 1. The Labute approximate surface area is 83.5 Å². The van der Waals surface area contributed by atoms with Crippen LogP contribution in [0.2, 0.25) is 0 Å². The summed E-state index contributed by atoms with van der Waals surface area (Å²) in [5.74, 6) is -1.06. The average Bonchev–Trinajstić information content (AvgIpc) is 2.32. The molecule has 6 heteroatoms. The summed E-state index contributed by atoms with van der Waals surface area (Å²) < 4.78 is 1.36. The van der Waals surface area contributed by atoms with Crippen LogP contribution in [0.15, 0.2) is 6.33 Å². The quantitative estimate of drug-likeness (QED) is 0.497. The first kappa shape index (κ1) is 11.2. The molecule has 0 amide bonds. The van der Waals surface area contributed by atoms with Crippen molar-refractivity contribution in [3.8, 4) is 0 Å². The van der Waals surface area contributed by atoms with Gasteiger partial charge >= 0.3 is 24.8 Å². The fourth-order valence-corrected chi connectivity index (χ4v) is 0.781. The van der Waals surface area contributed by atoms with Crippen molar-refractivity contribution in [2.75, 3.05) is 0 Å². The van der Waals surface area contributed by atoms with Crippen molar-refractivity contribution in [3.05, 3.63) is 12.2 Å². The smallest absolute Gasteiger partial charge is 1.00 e. The molecule has 0 fully saturated rings. The van der Waals surface area contributed by atoms with E-state index in [4.69, 9.17) is 5.11 Å². The number of aromatic nitrogens is 3. The second-order valence-corrected chi connectivity index (χ2v) is 2.43. The van der Waals surface area contributed by atoms with E-state index in [2.05, 4.69) is 10.1 Å². The summed E-state index contributed by atoms with van der Waals surface area (Å²) >= 11 is 0. The van der Waals surface area contributed by atoms with Gasteiger partial charge in [0.05, 0.1) is 0 Å². The zero-order chi connectivity index (χ0) is 8.43. The Bertz CT molecular complexity index is 277. The minimum atomic E-state index is -1.05. The SMILES string of the molecule is CC(C)n1ncnc1C(=O)O.[H-].[Li+]. The van der Waals surface area contributed by atoms with Gasteiger partial charge in [-0.1, -0.05) is 0 Å². The molecular weight excluding hydrogens is 153 g/mol. The minimum Gasteiger partial charge on any atom is -1.00 e. The summed E-state index contributed by atoms with van der Waals surface area (Å²) in [5, 5.41) is 12.3. The van der Waals surface area contributed by atoms with Crippen molar-refractivity contribution in [2.45, 2.75) is 19.9 Å². The van der Waals surface area contributed by atoms with Gasteiger partial charge in [-0.05, 0) is 13.8 Å². The molecule has 0 aliphatic heterocycles. The third-order valence-electron chi connectivity index (χ3n) is 1.25. The van der Waals surface area contributed by atoms with Crippen LogP contribution in [0.4, 0.5) is 0 Å². The molecule has 1 aromatic rings. The summed E-state index contributed by atoms with van der Waals surface area (Å²) in [6.45, 7) is 3.70. The molecule has 62 valence electrons. The first-order valence-corrected chi connectivity index (χ1v) is 3.25. The van der Waals surface area contributed by atoms with Crippen LogP contribution in [0.3, 0.4) is 0 Å². The second kappa shape index (κ2) is 4.29. The van der Waals surface area contributed by atoms with E-state index in [9.17, 15) is 4.79 Å². The number of nitrogens with zero attached hydrogens (tertiary/aromatic N) is 3. The van der Waals surface area contributed by atoms with Crippen LogP contribution in [0.1, 0.15) is 31.9 Å². The first-order valence-electron chi connectivity index (χ1n) is 3.25. The first-order chi connectivity index (χ1) is 5.13. The van der Waals surface area contributed by atoms with Crippen molar-refractivity contribution >= 4 is 5.97 Å². The third-order valence-corrected chi connectivity index (χ3v) is 1.25. The van der Waals surface area contributed by atoms with Gasteiger partial charge in [0.25, 0.3) is 0 Å². The Hall–Kier alpha value is -0.793. The monoisotopic (exact) mass is 163 g/mol. The van der Waals surface area contributed by atoms with Crippen LogP contribution in [0.5, 0.6) is 0 Å². The number of carbonyl (C=O) groups is 1. The van der Waals surface area contributed by atoms with Crippen LogP contribution in [0.25, 0.3) is 0 Å². The molecule has 1 N–H and O–H groups in total. The molecule has 1 heterocycles. The molecule has 0 saturated carbocycles. The van der Waals surface area contributed by atoms with Gasteiger partial charge in [-0.2, -0.15) is 5.10 Å². The molecule has 0 aliphatic rings. The Morgan fingerprint density at radius 1 is 1.75 bits per heavy atom. The molecule has 0 bridgehead atoms. The Kier molecular flexibility index (Phi) is 4.00. The van der Waals surface area contributed by atoms with Crippen LogP contribution in [-0.2, 0) is 0 Å². The van der Waals surface area contributed by atoms with Crippen molar-refractivity contribution in [1.82, 2.24) is 14.8 Å². The van der Waals surface area contributed by atoms with E-state index >= 15 is 0 Å². The molecule has 1 aromatic heterocycles. The number of hydrogen-bond donors (Lipinski definition) is 1. The molecule has 0 aliphatic carbocycles. The van der Waals surface area contributed by atoms with E-state index in [1.807, 2.05) is 13.8 Å². The molecule has 5 nitrogen and oxygen atoms in total. The van der Waals surface area contributed by atoms with Gasteiger partial charge in [0.15, 0.2) is 0 Å². The second-order valence-electron chi connectivity index (χ2n) is 2.43. The number of rotatable bonds is 2. The zero-order valence-electron chi connectivity index (χ0n) is 8.35. The van der Waals surface area contributed by atoms with Crippen LogP contribution in [0, 0.1) is 0 Å². The number of hydrogen-bond acceptors (Lipinski definition) is 3. The predicted octanol–water partition coefficient (Wildman–Crippen LogP) is -2.33. The standard InChI is InChI=1S/C6H9N3O2.Li.H/c1-4(2)9-5(6(10)11)7-3-8-9;;/h3-4H,1-2H3,(H,10,11);;/q;+1;-1. The van der Waals surface area contributed by atoms with Gasteiger partial charge in [-0.25, -0.2) is 14.5 Å². The maximum Gasteiger partial charge on any atom is 1.00 e. The fourth-order valence-electron chi connectivity index (χ4n) is 0.781. The summed E-state index contributed by atoms with van der Waals surface area (Å²) in [6, 6.07) is 0.0311. The molecule has 0 unspecified atom stereocenters. The van der Waals surface area contributed by atoms with Gasteiger partial charge in [0, 0.05) is 6.04 Å². The van der Waals surface area contributed by atoms with Gasteiger partial charge in [-0.15, -0.1) is 0 Å². The van der Waals surface area contributed by atoms with E-state index in [0.717, 1.165) is 0 Å². The summed E-state index contributed by atoms with van der Waals surface area (Å²) in [7, 11) is 0. The number of aromatic carboxylic acids is 1. The predicted molar refractivity (Wildman–Crippen MR) is 38.5 cm³/mol. The van der Waals surface area contributed by atoms with Crippen molar-refractivity contribution in [3.63, 3.8) is 0 Å². The van der Waals surface area contributed by atoms with Gasteiger partial charge in [0.2, 0.25) is 5.82 Å². The Morgan fingerprint density at radius 3 is 2.67 bits per heavy atom.